The molecular weight excluding hydrogens is 429 g/mol. The van der Waals surface area contributed by atoms with Crippen molar-refractivity contribution in [2.24, 2.45) is 17.6 Å². The van der Waals surface area contributed by atoms with Crippen LogP contribution in [0.25, 0.3) is 0 Å². The molecule has 0 spiro atoms. The predicted molar refractivity (Wildman–Crippen MR) is 124 cm³/mol. The number of halogens is 3. The second kappa shape index (κ2) is 10.8. The van der Waals surface area contributed by atoms with E-state index in [1.54, 1.807) is 12.1 Å². The Labute approximate surface area is 195 Å². The number of aliphatic carboxylic acids is 1. The molecule has 33 heavy (non-hydrogen) atoms. The SMILES string of the molecule is CC(C)(N)CCN(CC1CCCC1)[C@@H]1CC[C@@H](CC(=O)O)C[C@H]1c1ccc(C(F)(F)F)cc1. The van der Waals surface area contributed by atoms with Crippen LogP contribution in [0.2, 0.25) is 0 Å². The fourth-order valence-corrected chi connectivity index (χ4v) is 5.74. The molecule has 186 valence electrons. The minimum Gasteiger partial charge on any atom is -0.481 e. The number of carboxylic acid groups (broad SMARTS) is 1. The zero-order valence-corrected chi connectivity index (χ0v) is 19.9. The molecule has 3 N–H and O–H groups in total. The summed E-state index contributed by atoms with van der Waals surface area (Å²) in [5, 5.41) is 9.34. The first-order valence-electron chi connectivity index (χ1n) is 12.3. The highest BCUT2D eigenvalue weighted by Crippen LogP contribution is 2.42. The maximum atomic E-state index is 13.1. The van der Waals surface area contributed by atoms with Gasteiger partial charge in [0.1, 0.15) is 0 Å². The second-order valence-corrected chi connectivity index (χ2v) is 11.0. The van der Waals surface area contributed by atoms with Crippen molar-refractivity contribution in [1.82, 2.24) is 4.90 Å². The van der Waals surface area contributed by atoms with Gasteiger partial charge in [0.05, 0.1) is 5.56 Å². The molecule has 1 aromatic rings. The lowest BCUT2D eigenvalue weighted by molar-refractivity contribution is -0.139. The van der Waals surface area contributed by atoms with Crippen LogP contribution >= 0.6 is 0 Å². The Morgan fingerprint density at radius 1 is 1.06 bits per heavy atom. The van der Waals surface area contributed by atoms with E-state index in [-0.39, 0.29) is 29.8 Å². The van der Waals surface area contributed by atoms with Gasteiger partial charge in [0.15, 0.2) is 0 Å². The summed E-state index contributed by atoms with van der Waals surface area (Å²) in [6, 6.07) is 5.72. The zero-order chi connectivity index (χ0) is 24.2. The smallest absolute Gasteiger partial charge is 0.416 e. The minimum atomic E-state index is -4.36. The van der Waals surface area contributed by atoms with Crippen LogP contribution in [-0.4, -0.2) is 40.6 Å². The highest BCUT2D eigenvalue weighted by Gasteiger charge is 2.38. The first-order valence-corrected chi connectivity index (χ1v) is 12.3. The van der Waals surface area contributed by atoms with Crippen LogP contribution in [0.1, 0.15) is 88.7 Å². The average molecular weight is 469 g/mol. The molecule has 0 saturated heterocycles. The molecule has 0 heterocycles. The van der Waals surface area contributed by atoms with Crippen molar-refractivity contribution >= 4 is 5.97 Å². The summed E-state index contributed by atoms with van der Waals surface area (Å²) in [6.07, 6.45) is 3.94. The lowest BCUT2D eigenvalue weighted by Gasteiger charge is -2.44. The topological polar surface area (TPSA) is 66.6 Å². The fourth-order valence-electron chi connectivity index (χ4n) is 5.74. The number of rotatable bonds is 9. The van der Waals surface area contributed by atoms with Gasteiger partial charge in [-0.3, -0.25) is 9.69 Å². The Morgan fingerprint density at radius 3 is 2.24 bits per heavy atom. The highest BCUT2D eigenvalue weighted by molar-refractivity contribution is 5.67. The van der Waals surface area contributed by atoms with E-state index in [0.717, 1.165) is 50.0 Å². The lowest BCUT2D eigenvalue weighted by Crippen LogP contribution is -2.47. The van der Waals surface area contributed by atoms with Gasteiger partial charge in [0.25, 0.3) is 0 Å². The fraction of sp³-hybridized carbons (Fsp3) is 0.731. The second-order valence-electron chi connectivity index (χ2n) is 11.0. The van der Waals surface area contributed by atoms with Crippen LogP contribution in [0.3, 0.4) is 0 Å². The molecule has 2 aliphatic rings. The number of carbonyl (C=O) groups is 1. The van der Waals surface area contributed by atoms with E-state index < -0.39 is 17.7 Å². The van der Waals surface area contributed by atoms with Gasteiger partial charge in [-0.1, -0.05) is 25.0 Å². The van der Waals surface area contributed by atoms with Gasteiger partial charge in [-0.25, -0.2) is 0 Å². The van der Waals surface area contributed by atoms with E-state index in [9.17, 15) is 23.1 Å². The van der Waals surface area contributed by atoms with E-state index in [4.69, 9.17) is 5.73 Å². The zero-order valence-electron chi connectivity index (χ0n) is 19.9. The normalized spacial score (nSPS) is 25.0. The van der Waals surface area contributed by atoms with Gasteiger partial charge >= 0.3 is 12.1 Å². The standard InChI is InChI=1S/C26H39F3N2O2/c1-25(2,30)13-14-31(17-18-5-3-4-6-18)23-12-7-19(16-24(32)33)15-22(23)20-8-10-21(11-9-20)26(27,28)29/h8-11,18-19,22-23H,3-7,12-17,30H2,1-2H3,(H,32,33)/t19-,22+,23-/m1/s1. The summed E-state index contributed by atoms with van der Waals surface area (Å²) in [6.45, 7) is 5.89. The Kier molecular flexibility index (Phi) is 8.49. The van der Waals surface area contributed by atoms with Crippen molar-refractivity contribution in [2.45, 2.75) is 95.3 Å². The number of carboxylic acids is 1. The molecule has 1 aromatic carbocycles. The van der Waals surface area contributed by atoms with E-state index in [2.05, 4.69) is 4.90 Å². The van der Waals surface area contributed by atoms with Gasteiger partial charge in [0.2, 0.25) is 0 Å². The molecular formula is C26H39F3N2O2. The third-order valence-electron chi connectivity index (χ3n) is 7.53. The third kappa shape index (κ3) is 7.71. The van der Waals surface area contributed by atoms with Crippen LogP contribution in [0.5, 0.6) is 0 Å². The summed E-state index contributed by atoms with van der Waals surface area (Å²) in [7, 11) is 0. The number of hydrogen-bond donors (Lipinski definition) is 2. The molecule has 3 atom stereocenters. The van der Waals surface area contributed by atoms with E-state index in [1.165, 1.54) is 25.7 Å². The van der Waals surface area contributed by atoms with Crippen molar-refractivity contribution < 1.29 is 23.1 Å². The summed E-state index contributed by atoms with van der Waals surface area (Å²) >= 11 is 0. The molecule has 0 bridgehead atoms. The number of nitrogens with two attached hydrogens (primary N) is 1. The Balaban J connectivity index is 1.87. The molecule has 0 radical (unpaired) electrons. The van der Waals surface area contributed by atoms with Crippen molar-refractivity contribution in [3.8, 4) is 0 Å². The molecule has 2 aliphatic carbocycles. The van der Waals surface area contributed by atoms with Crippen LogP contribution < -0.4 is 5.73 Å². The molecule has 0 unspecified atom stereocenters. The van der Waals surface area contributed by atoms with Gasteiger partial charge in [-0.15, -0.1) is 0 Å². The summed E-state index contributed by atoms with van der Waals surface area (Å²) in [5.41, 5.74) is 6.25. The molecule has 2 saturated carbocycles. The van der Waals surface area contributed by atoms with Crippen LogP contribution in [0.15, 0.2) is 24.3 Å². The molecule has 4 nitrogen and oxygen atoms in total. The van der Waals surface area contributed by atoms with Gasteiger partial charge in [-0.05, 0) is 87.8 Å². The number of nitrogens with zero attached hydrogens (tertiary/aromatic N) is 1. The lowest BCUT2D eigenvalue weighted by atomic mass is 9.72. The predicted octanol–water partition coefficient (Wildman–Crippen LogP) is 6.05. The van der Waals surface area contributed by atoms with Gasteiger partial charge in [-0.2, -0.15) is 13.2 Å². The Bertz CT molecular complexity index is 767. The Morgan fingerprint density at radius 2 is 1.70 bits per heavy atom. The van der Waals surface area contributed by atoms with Crippen molar-refractivity contribution in [2.75, 3.05) is 13.1 Å². The molecule has 0 aromatic heterocycles. The van der Waals surface area contributed by atoms with Crippen LogP contribution in [0.4, 0.5) is 13.2 Å². The van der Waals surface area contributed by atoms with Crippen molar-refractivity contribution in [3.63, 3.8) is 0 Å². The van der Waals surface area contributed by atoms with E-state index in [1.807, 2.05) is 13.8 Å². The highest BCUT2D eigenvalue weighted by atomic mass is 19.4. The van der Waals surface area contributed by atoms with Gasteiger partial charge < -0.3 is 10.8 Å². The maximum Gasteiger partial charge on any atom is 0.416 e. The molecule has 0 amide bonds. The van der Waals surface area contributed by atoms with Crippen molar-refractivity contribution in [3.05, 3.63) is 35.4 Å². The number of alkyl halides is 3. The maximum absolute atomic E-state index is 13.1. The average Bonchev–Trinajstić information content (AvgIpc) is 3.23. The summed E-state index contributed by atoms with van der Waals surface area (Å²) in [4.78, 5) is 13.9. The number of hydrogen-bond acceptors (Lipinski definition) is 3. The first-order chi connectivity index (χ1) is 15.4. The van der Waals surface area contributed by atoms with Crippen LogP contribution in [-0.2, 0) is 11.0 Å². The third-order valence-corrected chi connectivity index (χ3v) is 7.53. The molecule has 0 aliphatic heterocycles. The minimum absolute atomic E-state index is 0.0210. The van der Waals surface area contributed by atoms with E-state index >= 15 is 0 Å². The monoisotopic (exact) mass is 468 g/mol. The molecule has 3 rings (SSSR count). The van der Waals surface area contributed by atoms with E-state index in [0.29, 0.717) is 12.3 Å². The first kappa shape index (κ1) is 26.0. The summed E-state index contributed by atoms with van der Waals surface area (Å²) in [5.74, 6) is -0.0915. The molecule has 2 fully saturated rings. The molecule has 7 heteroatoms. The van der Waals surface area contributed by atoms with Crippen molar-refractivity contribution in [1.29, 1.82) is 0 Å². The summed E-state index contributed by atoms with van der Waals surface area (Å²) < 4.78 is 39.4. The largest absolute Gasteiger partial charge is 0.481 e. The van der Waals surface area contributed by atoms with Gasteiger partial charge in [0, 0.05) is 31.1 Å². The quantitative estimate of drug-likeness (QED) is 0.463. The number of benzene rings is 1. The van der Waals surface area contributed by atoms with Crippen LogP contribution in [0, 0.1) is 11.8 Å². The Hall–Kier alpha value is -1.60.